The molecular formula is C17H16Cl2N2O. The van der Waals surface area contributed by atoms with Gasteiger partial charge in [-0.25, -0.2) is 4.98 Å². The van der Waals surface area contributed by atoms with E-state index in [1.54, 1.807) is 12.1 Å². The van der Waals surface area contributed by atoms with Crippen molar-refractivity contribution >= 4 is 40.0 Å². The van der Waals surface area contributed by atoms with E-state index < -0.39 is 0 Å². The minimum absolute atomic E-state index is 0.363. The van der Waals surface area contributed by atoms with Gasteiger partial charge in [0.25, 0.3) is 0 Å². The highest BCUT2D eigenvalue weighted by atomic mass is 35.5. The average molecular weight is 335 g/mol. The smallest absolute Gasteiger partial charge is 0.227 e. The van der Waals surface area contributed by atoms with Crippen molar-refractivity contribution in [2.75, 3.05) is 5.73 Å². The molecule has 3 nitrogen and oxygen atoms in total. The number of hydrogen-bond donors (Lipinski definition) is 1. The van der Waals surface area contributed by atoms with Crippen LogP contribution in [0.15, 0.2) is 34.7 Å². The Morgan fingerprint density at radius 1 is 1.18 bits per heavy atom. The number of halogens is 2. The van der Waals surface area contributed by atoms with Crippen LogP contribution in [0.4, 0.5) is 5.69 Å². The van der Waals surface area contributed by atoms with E-state index in [0.717, 1.165) is 17.5 Å². The molecule has 0 radical (unpaired) electrons. The first kappa shape index (κ1) is 15.2. The van der Waals surface area contributed by atoms with Gasteiger partial charge in [-0.2, -0.15) is 0 Å². The normalized spacial score (nSPS) is 12.7. The molecule has 3 aromatic rings. The molecule has 1 unspecified atom stereocenters. The van der Waals surface area contributed by atoms with E-state index >= 15 is 0 Å². The summed E-state index contributed by atoms with van der Waals surface area (Å²) >= 11 is 12.1. The van der Waals surface area contributed by atoms with Crippen LogP contribution in [0.1, 0.15) is 31.7 Å². The van der Waals surface area contributed by atoms with E-state index in [9.17, 15) is 0 Å². The Morgan fingerprint density at radius 2 is 1.86 bits per heavy atom. The quantitative estimate of drug-likeness (QED) is 0.607. The Balaban J connectivity index is 2.09. The Hall–Kier alpha value is -1.71. The largest absolute Gasteiger partial charge is 0.436 e. The Labute approximate surface area is 139 Å². The maximum absolute atomic E-state index is 6.07. The SMILES string of the molecule is CCC(C)c1ccc2oc(-c3cc(Cl)c(N)c(Cl)c3)nc2c1. The first-order chi connectivity index (χ1) is 10.5. The molecule has 3 rings (SSSR count). The number of benzene rings is 2. The average Bonchev–Trinajstić information content (AvgIpc) is 2.94. The van der Waals surface area contributed by atoms with Crippen molar-refractivity contribution in [1.29, 1.82) is 0 Å². The fourth-order valence-corrected chi connectivity index (χ4v) is 2.80. The summed E-state index contributed by atoms with van der Waals surface area (Å²) in [5.74, 6) is 0.977. The van der Waals surface area contributed by atoms with E-state index in [0.29, 0.717) is 33.1 Å². The predicted molar refractivity (Wildman–Crippen MR) is 92.6 cm³/mol. The molecule has 0 amide bonds. The number of aromatic nitrogens is 1. The van der Waals surface area contributed by atoms with Crippen molar-refractivity contribution in [3.05, 3.63) is 45.9 Å². The molecule has 0 aliphatic carbocycles. The minimum Gasteiger partial charge on any atom is -0.436 e. The van der Waals surface area contributed by atoms with Crippen LogP contribution < -0.4 is 5.73 Å². The van der Waals surface area contributed by atoms with Gasteiger partial charge in [-0.3, -0.25) is 0 Å². The third kappa shape index (κ3) is 2.67. The lowest BCUT2D eigenvalue weighted by molar-refractivity contribution is 0.619. The molecule has 22 heavy (non-hydrogen) atoms. The molecule has 0 aliphatic rings. The molecule has 0 saturated carbocycles. The summed E-state index contributed by atoms with van der Waals surface area (Å²) in [7, 11) is 0. The molecule has 2 N–H and O–H groups in total. The van der Waals surface area contributed by atoms with E-state index in [4.69, 9.17) is 33.4 Å². The van der Waals surface area contributed by atoms with Gasteiger partial charge < -0.3 is 10.2 Å². The van der Waals surface area contributed by atoms with E-state index in [2.05, 4.69) is 31.0 Å². The van der Waals surface area contributed by atoms with Crippen molar-refractivity contribution in [3.8, 4) is 11.5 Å². The van der Waals surface area contributed by atoms with Crippen LogP contribution in [0.2, 0.25) is 10.0 Å². The molecule has 0 bridgehead atoms. The molecule has 0 saturated heterocycles. The van der Waals surface area contributed by atoms with Crippen LogP contribution >= 0.6 is 23.2 Å². The van der Waals surface area contributed by atoms with Gasteiger partial charge >= 0.3 is 0 Å². The standard InChI is InChI=1S/C17H16Cl2N2O/c1-3-9(2)10-4-5-15-14(8-10)21-17(22-15)11-6-12(18)16(20)13(19)7-11/h4-9H,3,20H2,1-2H3. The molecule has 5 heteroatoms. The monoisotopic (exact) mass is 334 g/mol. The number of hydrogen-bond acceptors (Lipinski definition) is 3. The lowest BCUT2D eigenvalue weighted by Gasteiger charge is -2.07. The summed E-state index contributed by atoms with van der Waals surface area (Å²) in [6.07, 6.45) is 1.08. The molecule has 2 aromatic carbocycles. The lowest BCUT2D eigenvalue weighted by atomic mass is 9.98. The van der Waals surface area contributed by atoms with Crippen LogP contribution in [0.3, 0.4) is 0 Å². The maximum Gasteiger partial charge on any atom is 0.227 e. The van der Waals surface area contributed by atoms with Gasteiger partial charge in [-0.1, -0.05) is 43.1 Å². The van der Waals surface area contributed by atoms with Gasteiger partial charge in [0.05, 0.1) is 15.7 Å². The number of nitrogens with two attached hydrogens (primary N) is 1. The van der Waals surface area contributed by atoms with Gasteiger partial charge in [-0.05, 0) is 42.2 Å². The molecular weight excluding hydrogens is 319 g/mol. The third-order valence-corrected chi connectivity index (χ3v) is 4.54. The highest BCUT2D eigenvalue weighted by molar-refractivity contribution is 6.39. The summed E-state index contributed by atoms with van der Waals surface area (Å²) in [6, 6.07) is 9.52. The maximum atomic E-state index is 6.07. The highest BCUT2D eigenvalue weighted by Gasteiger charge is 2.13. The molecule has 0 aliphatic heterocycles. The van der Waals surface area contributed by atoms with Gasteiger partial charge in [0, 0.05) is 5.56 Å². The summed E-state index contributed by atoms with van der Waals surface area (Å²) < 4.78 is 5.80. The second kappa shape index (κ2) is 5.82. The molecule has 114 valence electrons. The van der Waals surface area contributed by atoms with E-state index in [1.807, 2.05) is 6.07 Å². The second-order valence-electron chi connectivity index (χ2n) is 5.41. The number of fused-ring (bicyclic) bond motifs is 1. The molecule has 0 fully saturated rings. The first-order valence-corrected chi connectivity index (χ1v) is 7.90. The van der Waals surface area contributed by atoms with E-state index in [-0.39, 0.29) is 0 Å². The lowest BCUT2D eigenvalue weighted by Crippen LogP contribution is -1.90. The zero-order chi connectivity index (χ0) is 15.9. The van der Waals surface area contributed by atoms with Gasteiger partial charge in [0.1, 0.15) is 5.52 Å². The second-order valence-corrected chi connectivity index (χ2v) is 6.22. The van der Waals surface area contributed by atoms with Crippen LogP contribution in [-0.2, 0) is 0 Å². The zero-order valence-electron chi connectivity index (χ0n) is 12.4. The molecule has 1 heterocycles. The van der Waals surface area contributed by atoms with Crippen LogP contribution in [0.25, 0.3) is 22.6 Å². The van der Waals surface area contributed by atoms with Crippen molar-refractivity contribution in [1.82, 2.24) is 4.98 Å². The Morgan fingerprint density at radius 3 is 2.50 bits per heavy atom. The summed E-state index contributed by atoms with van der Waals surface area (Å²) in [6.45, 7) is 4.36. The van der Waals surface area contributed by atoms with Gasteiger partial charge in [0.2, 0.25) is 5.89 Å². The number of nitrogen functional groups attached to an aromatic ring is 1. The van der Waals surface area contributed by atoms with Crippen molar-refractivity contribution < 1.29 is 4.42 Å². The van der Waals surface area contributed by atoms with Crippen LogP contribution in [0, 0.1) is 0 Å². The van der Waals surface area contributed by atoms with Gasteiger partial charge in [0.15, 0.2) is 5.58 Å². The van der Waals surface area contributed by atoms with Crippen molar-refractivity contribution in [3.63, 3.8) is 0 Å². The third-order valence-electron chi connectivity index (χ3n) is 3.92. The van der Waals surface area contributed by atoms with Crippen molar-refractivity contribution in [2.24, 2.45) is 0 Å². The fourth-order valence-electron chi connectivity index (χ4n) is 2.32. The minimum atomic E-state index is 0.363. The number of oxazole rings is 1. The number of nitrogens with zero attached hydrogens (tertiary/aromatic N) is 1. The number of rotatable bonds is 3. The Bertz CT molecular complexity index is 819. The van der Waals surface area contributed by atoms with Crippen LogP contribution in [-0.4, -0.2) is 4.98 Å². The highest BCUT2D eigenvalue weighted by Crippen LogP contribution is 2.34. The number of anilines is 1. The summed E-state index contributed by atoms with van der Waals surface area (Å²) in [5, 5.41) is 0.787. The Kier molecular flexibility index (Phi) is 4.02. The zero-order valence-corrected chi connectivity index (χ0v) is 13.9. The van der Waals surface area contributed by atoms with E-state index in [1.165, 1.54) is 5.56 Å². The van der Waals surface area contributed by atoms with Crippen LogP contribution in [0.5, 0.6) is 0 Å². The van der Waals surface area contributed by atoms with Crippen molar-refractivity contribution in [2.45, 2.75) is 26.2 Å². The molecule has 0 spiro atoms. The molecule has 1 atom stereocenters. The topological polar surface area (TPSA) is 52.0 Å². The first-order valence-electron chi connectivity index (χ1n) is 7.15. The summed E-state index contributed by atoms with van der Waals surface area (Å²) in [4.78, 5) is 4.55. The van der Waals surface area contributed by atoms with Gasteiger partial charge in [-0.15, -0.1) is 0 Å². The fraction of sp³-hybridized carbons (Fsp3) is 0.235. The predicted octanol–water partition coefficient (Wildman–Crippen LogP) is 5.90. The molecule has 1 aromatic heterocycles. The summed E-state index contributed by atoms with van der Waals surface area (Å²) in [5.41, 5.74) is 9.66.